The molecule has 2 rings (SSSR count). The highest BCUT2D eigenvalue weighted by molar-refractivity contribution is 7.19. The van der Waals surface area contributed by atoms with Crippen molar-refractivity contribution < 1.29 is 4.74 Å². The highest BCUT2D eigenvalue weighted by atomic mass is 35.5. The zero-order valence-electron chi connectivity index (χ0n) is 6.49. The van der Waals surface area contributed by atoms with Gasteiger partial charge in [-0.1, -0.05) is 22.9 Å². The molecule has 0 aliphatic carbocycles. The van der Waals surface area contributed by atoms with Crippen LogP contribution < -0.4 is 4.90 Å². The molecule has 0 bridgehead atoms. The van der Waals surface area contributed by atoms with Crippen LogP contribution in [0.5, 0.6) is 0 Å². The molecule has 5 heteroatoms. The fraction of sp³-hybridized carbons (Fsp3) is 0.571. The molecule has 1 aromatic rings. The van der Waals surface area contributed by atoms with E-state index in [0.29, 0.717) is 4.47 Å². The fourth-order valence-corrected chi connectivity index (χ4v) is 2.16. The van der Waals surface area contributed by atoms with Crippen LogP contribution in [0, 0.1) is 0 Å². The Morgan fingerprint density at radius 3 is 2.83 bits per heavy atom. The van der Waals surface area contributed by atoms with E-state index >= 15 is 0 Å². The summed E-state index contributed by atoms with van der Waals surface area (Å²) in [6, 6.07) is 0. The maximum Gasteiger partial charge on any atom is 0.185 e. The summed E-state index contributed by atoms with van der Waals surface area (Å²) in [5.74, 6) is 0. The number of aromatic nitrogens is 1. The molecule has 3 nitrogen and oxygen atoms in total. The lowest BCUT2D eigenvalue weighted by Crippen LogP contribution is -2.35. The number of thiazole rings is 1. The van der Waals surface area contributed by atoms with Crippen molar-refractivity contribution in [2.45, 2.75) is 0 Å². The highest BCUT2D eigenvalue weighted by Gasteiger charge is 2.12. The Morgan fingerprint density at radius 1 is 1.50 bits per heavy atom. The first-order valence-corrected chi connectivity index (χ1v) is 5.00. The molecule has 1 aliphatic heterocycles. The van der Waals surface area contributed by atoms with Gasteiger partial charge in [-0.15, -0.1) is 0 Å². The van der Waals surface area contributed by atoms with Crippen molar-refractivity contribution in [2.75, 3.05) is 31.2 Å². The maximum atomic E-state index is 5.73. The summed E-state index contributed by atoms with van der Waals surface area (Å²) < 4.78 is 5.85. The van der Waals surface area contributed by atoms with Crippen LogP contribution in [-0.2, 0) is 4.74 Å². The highest BCUT2D eigenvalue weighted by Crippen LogP contribution is 2.26. The zero-order chi connectivity index (χ0) is 8.39. The molecular weight excluding hydrogens is 196 g/mol. The number of halogens is 1. The van der Waals surface area contributed by atoms with Gasteiger partial charge < -0.3 is 9.64 Å². The number of nitrogens with zero attached hydrogens (tertiary/aromatic N) is 2. The molecule has 66 valence electrons. The van der Waals surface area contributed by atoms with Crippen molar-refractivity contribution >= 4 is 27.9 Å². The number of ether oxygens (including phenoxy) is 1. The SMILES string of the molecule is Clc1ncc(N2CCOCC2)s1. The molecule has 0 aromatic carbocycles. The normalized spacial score (nSPS) is 18.2. The molecule has 1 fully saturated rings. The number of anilines is 1. The summed E-state index contributed by atoms with van der Waals surface area (Å²) >= 11 is 7.25. The van der Waals surface area contributed by atoms with Gasteiger partial charge in [0.1, 0.15) is 5.00 Å². The molecule has 12 heavy (non-hydrogen) atoms. The second-order valence-corrected chi connectivity index (χ2v) is 4.14. The van der Waals surface area contributed by atoms with E-state index in [2.05, 4.69) is 9.88 Å². The number of hydrogen-bond donors (Lipinski definition) is 0. The monoisotopic (exact) mass is 204 g/mol. The molecule has 0 radical (unpaired) electrons. The van der Waals surface area contributed by atoms with E-state index in [1.165, 1.54) is 11.3 Å². The second-order valence-electron chi connectivity index (χ2n) is 2.55. The summed E-state index contributed by atoms with van der Waals surface area (Å²) in [7, 11) is 0. The van der Waals surface area contributed by atoms with Gasteiger partial charge in [-0.3, -0.25) is 0 Å². The summed E-state index contributed by atoms with van der Waals surface area (Å²) in [6.45, 7) is 3.49. The van der Waals surface area contributed by atoms with Gasteiger partial charge in [0.2, 0.25) is 0 Å². The Kier molecular flexibility index (Phi) is 2.48. The molecule has 0 spiro atoms. The van der Waals surface area contributed by atoms with Crippen LogP contribution in [0.15, 0.2) is 6.20 Å². The van der Waals surface area contributed by atoms with Gasteiger partial charge in [-0.05, 0) is 0 Å². The molecule has 0 atom stereocenters. The van der Waals surface area contributed by atoms with Crippen LogP contribution in [0.4, 0.5) is 5.00 Å². The summed E-state index contributed by atoms with van der Waals surface area (Å²) in [4.78, 5) is 6.24. The third-order valence-electron chi connectivity index (χ3n) is 1.79. The molecule has 0 unspecified atom stereocenters. The molecule has 0 amide bonds. The molecule has 1 saturated heterocycles. The number of morpholine rings is 1. The van der Waals surface area contributed by atoms with Crippen molar-refractivity contribution in [1.29, 1.82) is 0 Å². The third kappa shape index (κ3) is 1.71. The zero-order valence-corrected chi connectivity index (χ0v) is 8.07. The summed E-state index contributed by atoms with van der Waals surface area (Å²) in [5.41, 5.74) is 0. The van der Waals surface area contributed by atoms with Crippen molar-refractivity contribution in [3.05, 3.63) is 10.7 Å². The number of hydrogen-bond acceptors (Lipinski definition) is 4. The van der Waals surface area contributed by atoms with Gasteiger partial charge in [0.15, 0.2) is 4.47 Å². The van der Waals surface area contributed by atoms with Crippen molar-refractivity contribution in [3.63, 3.8) is 0 Å². The minimum atomic E-state index is 0.608. The van der Waals surface area contributed by atoms with Gasteiger partial charge in [-0.2, -0.15) is 0 Å². The first-order valence-electron chi connectivity index (χ1n) is 3.80. The van der Waals surface area contributed by atoms with E-state index in [1.54, 1.807) is 0 Å². The van der Waals surface area contributed by atoms with Crippen LogP contribution in [0.2, 0.25) is 4.47 Å². The Bertz CT molecular complexity index is 260. The van der Waals surface area contributed by atoms with E-state index in [1.807, 2.05) is 6.20 Å². The molecule has 1 aromatic heterocycles. The third-order valence-corrected chi connectivity index (χ3v) is 2.96. The van der Waals surface area contributed by atoms with Crippen LogP contribution in [0.3, 0.4) is 0 Å². The summed E-state index contributed by atoms with van der Waals surface area (Å²) in [6.07, 6.45) is 1.82. The fourth-order valence-electron chi connectivity index (χ4n) is 1.17. The van der Waals surface area contributed by atoms with Gasteiger partial charge >= 0.3 is 0 Å². The van der Waals surface area contributed by atoms with E-state index in [0.717, 1.165) is 31.3 Å². The minimum Gasteiger partial charge on any atom is -0.378 e. The number of rotatable bonds is 1. The standard InChI is InChI=1S/C7H9ClN2OS/c8-7-9-5-6(12-7)10-1-3-11-4-2-10/h5H,1-4H2. The van der Waals surface area contributed by atoms with Crippen LogP contribution in [0.25, 0.3) is 0 Å². The predicted octanol–water partition coefficient (Wildman–Crippen LogP) is 1.63. The quantitative estimate of drug-likeness (QED) is 0.696. The second kappa shape index (κ2) is 3.60. The van der Waals surface area contributed by atoms with Gasteiger partial charge in [0.25, 0.3) is 0 Å². The molecule has 2 heterocycles. The average Bonchev–Trinajstić information content (AvgIpc) is 2.54. The smallest absolute Gasteiger partial charge is 0.185 e. The minimum absolute atomic E-state index is 0.608. The van der Waals surface area contributed by atoms with Crippen LogP contribution in [0.1, 0.15) is 0 Å². The van der Waals surface area contributed by atoms with Crippen molar-refractivity contribution in [3.8, 4) is 0 Å². The van der Waals surface area contributed by atoms with Crippen LogP contribution in [-0.4, -0.2) is 31.3 Å². The molecule has 0 saturated carbocycles. The van der Waals surface area contributed by atoms with Gasteiger partial charge in [-0.25, -0.2) is 4.98 Å². The molecular formula is C7H9ClN2OS. The summed E-state index contributed by atoms with van der Waals surface area (Å²) in [5, 5.41) is 1.14. The van der Waals surface area contributed by atoms with Gasteiger partial charge in [0, 0.05) is 13.1 Å². The lowest BCUT2D eigenvalue weighted by Gasteiger charge is -2.26. The van der Waals surface area contributed by atoms with Crippen molar-refractivity contribution in [2.24, 2.45) is 0 Å². The topological polar surface area (TPSA) is 25.4 Å². The molecule has 1 aliphatic rings. The Hall–Kier alpha value is -0.320. The van der Waals surface area contributed by atoms with Crippen molar-refractivity contribution in [1.82, 2.24) is 4.98 Å². The first kappa shape index (κ1) is 8.29. The van der Waals surface area contributed by atoms with E-state index in [4.69, 9.17) is 16.3 Å². The molecule has 0 N–H and O–H groups in total. The Labute approximate surface area is 79.9 Å². The first-order chi connectivity index (χ1) is 5.86. The lowest BCUT2D eigenvalue weighted by molar-refractivity contribution is 0.123. The predicted molar refractivity (Wildman–Crippen MR) is 50.2 cm³/mol. The van der Waals surface area contributed by atoms with Gasteiger partial charge in [0.05, 0.1) is 19.4 Å². The van der Waals surface area contributed by atoms with Crippen LogP contribution >= 0.6 is 22.9 Å². The average molecular weight is 205 g/mol. The Morgan fingerprint density at radius 2 is 2.25 bits per heavy atom. The van der Waals surface area contributed by atoms with E-state index in [-0.39, 0.29) is 0 Å². The lowest BCUT2D eigenvalue weighted by atomic mass is 10.4. The largest absolute Gasteiger partial charge is 0.378 e. The van der Waals surface area contributed by atoms with E-state index in [9.17, 15) is 0 Å². The van der Waals surface area contributed by atoms with E-state index < -0.39 is 0 Å². The maximum absolute atomic E-state index is 5.73. The Balaban J connectivity index is 2.08.